The number of aliphatic hydroxyl groups excluding tert-OH is 1. The molecule has 98 heavy (non-hydrogen) atoms. The third-order valence-corrected chi connectivity index (χ3v) is 20.4. The van der Waals surface area contributed by atoms with Gasteiger partial charge in [-0.3, -0.25) is 37.3 Å². The minimum Gasteiger partial charge on any atom is -0.462 e. The number of rotatable bonds is 78. The van der Waals surface area contributed by atoms with Crippen LogP contribution in [0.2, 0.25) is 0 Å². The van der Waals surface area contributed by atoms with Crippen LogP contribution in [0.25, 0.3) is 0 Å². The molecule has 0 saturated carbocycles. The minimum absolute atomic E-state index is 0.107. The molecule has 0 rings (SSSR count). The lowest BCUT2D eigenvalue weighted by Gasteiger charge is -2.21. The Labute approximate surface area is 600 Å². The Hall–Kier alpha value is -1.94. The van der Waals surface area contributed by atoms with E-state index in [0.717, 1.165) is 102 Å². The van der Waals surface area contributed by atoms with Crippen molar-refractivity contribution in [2.45, 2.75) is 432 Å². The molecule has 0 aliphatic carbocycles. The molecule has 0 saturated heterocycles. The first kappa shape index (κ1) is 96.1. The normalized spacial score (nSPS) is 13.9. The Kier molecular flexibility index (Phi) is 69.3. The summed E-state index contributed by atoms with van der Waals surface area (Å²) in [6, 6.07) is 0. The van der Waals surface area contributed by atoms with Crippen molar-refractivity contribution in [3.63, 3.8) is 0 Å². The van der Waals surface area contributed by atoms with Crippen LogP contribution >= 0.6 is 15.6 Å². The Morgan fingerprint density at radius 1 is 0.276 bits per heavy atom. The van der Waals surface area contributed by atoms with Gasteiger partial charge in [0.25, 0.3) is 0 Å². The number of esters is 4. The molecule has 5 atom stereocenters. The third-order valence-electron chi connectivity index (χ3n) is 18.5. The smallest absolute Gasteiger partial charge is 0.462 e. The zero-order valence-corrected chi connectivity index (χ0v) is 65.9. The maximum absolute atomic E-state index is 13.1. The van der Waals surface area contributed by atoms with Crippen LogP contribution in [0.4, 0.5) is 0 Å². The molecule has 0 bridgehead atoms. The van der Waals surface area contributed by atoms with Crippen LogP contribution in [0, 0.1) is 11.8 Å². The molecule has 0 aliphatic heterocycles. The number of carbonyl (C=O) groups is 4. The van der Waals surface area contributed by atoms with Gasteiger partial charge in [0.2, 0.25) is 0 Å². The molecular weight excluding hydrogens is 1280 g/mol. The zero-order valence-electron chi connectivity index (χ0n) is 64.1. The summed E-state index contributed by atoms with van der Waals surface area (Å²) >= 11 is 0. The maximum Gasteiger partial charge on any atom is 0.472 e. The molecule has 0 fully saturated rings. The lowest BCUT2D eigenvalue weighted by Crippen LogP contribution is -2.30. The molecule has 0 aromatic heterocycles. The van der Waals surface area contributed by atoms with Crippen LogP contribution in [0.5, 0.6) is 0 Å². The van der Waals surface area contributed by atoms with E-state index >= 15 is 0 Å². The van der Waals surface area contributed by atoms with Gasteiger partial charge in [-0.05, 0) is 37.5 Å². The summed E-state index contributed by atoms with van der Waals surface area (Å²) in [6.07, 6.45) is 59.6. The van der Waals surface area contributed by atoms with E-state index in [4.69, 9.17) is 37.0 Å². The van der Waals surface area contributed by atoms with E-state index in [1.807, 2.05) is 0 Å². The van der Waals surface area contributed by atoms with E-state index in [9.17, 15) is 43.2 Å². The van der Waals surface area contributed by atoms with E-state index in [-0.39, 0.29) is 25.7 Å². The quantitative estimate of drug-likeness (QED) is 0.0222. The van der Waals surface area contributed by atoms with Crippen molar-refractivity contribution in [2.24, 2.45) is 11.8 Å². The number of aliphatic hydroxyl groups is 1. The van der Waals surface area contributed by atoms with Crippen LogP contribution in [0.3, 0.4) is 0 Å². The van der Waals surface area contributed by atoms with E-state index in [2.05, 4.69) is 41.5 Å². The Balaban J connectivity index is 5.21. The lowest BCUT2D eigenvalue weighted by atomic mass is 10.0. The topological polar surface area (TPSA) is 237 Å². The molecule has 0 heterocycles. The molecule has 17 nitrogen and oxygen atoms in total. The second kappa shape index (κ2) is 70.7. The first-order chi connectivity index (χ1) is 47.4. The molecule has 2 unspecified atom stereocenters. The van der Waals surface area contributed by atoms with Crippen LogP contribution in [0.1, 0.15) is 414 Å². The minimum atomic E-state index is -4.96. The van der Waals surface area contributed by atoms with Crippen molar-refractivity contribution in [3.05, 3.63) is 0 Å². The summed E-state index contributed by atoms with van der Waals surface area (Å²) < 4.78 is 68.6. The fourth-order valence-electron chi connectivity index (χ4n) is 12.2. The summed E-state index contributed by atoms with van der Waals surface area (Å²) in [4.78, 5) is 72.9. The molecule has 19 heteroatoms. The maximum atomic E-state index is 13.1. The molecule has 0 aromatic carbocycles. The van der Waals surface area contributed by atoms with Gasteiger partial charge in [-0.1, -0.05) is 363 Å². The van der Waals surface area contributed by atoms with Gasteiger partial charge in [0.1, 0.15) is 19.3 Å². The summed E-state index contributed by atoms with van der Waals surface area (Å²) in [5.74, 6) is -0.495. The van der Waals surface area contributed by atoms with Crippen molar-refractivity contribution < 1.29 is 80.2 Å². The van der Waals surface area contributed by atoms with Gasteiger partial charge < -0.3 is 33.8 Å². The second-order valence-corrected chi connectivity index (χ2v) is 32.3. The predicted molar refractivity (Wildman–Crippen MR) is 400 cm³/mol. The van der Waals surface area contributed by atoms with E-state index in [1.165, 1.54) is 231 Å². The number of phosphoric acid groups is 2. The highest BCUT2D eigenvalue weighted by Gasteiger charge is 2.30. The monoisotopic (exact) mass is 1440 g/mol. The van der Waals surface area contributed by atoms with Crippen molar-refractivity contribution >= 4 is 39.5 Å². The third kappa shape index (κ3) is 72.4. The molecule has 0 radical (unpaired) electrons. The van der Waals surface area contributed by atoms with E-state index in [1.54, 1.807) is 0 Å². The fourth-order valence-corrected chi connectivity index (χ4v) is 13.8. The largest absolute Gasteiger partial charge is 0.472 e. The Morgan fingerprint density at radius 3 is 0.694 bits per heavy atom. The highest BCUT2D eigenvalue weighted by Crippen LogP contribution is 2.45. The highest BCUT2D eigenvalue weighted by atomic mass is 31.2. The molecule has 582 valence electrons. The molecule has 0 aliphatic rings. The standard InChI is InChI=1S/C79H154O17P2/c1-7-9-11-13-15-17-30-39-45-51-57-63-78(83)95-74(67-89-76(81)61-55-49-43-37-18-16-14-12-10-8-2)69-93-97(85,86)91-65-73(80)66-92-98(87,88)94-70-75(68-90-77(82)62-56-50-44-38-33-28-25-21-23-27-32-36-42-48-54-60-72(5)6)96-79(84)64-58-52-46-40-34-29-24-20-19-22-26-31-35-41-47-53-59-71(3)4/h71-75,80H,7-70H2,1-6H3,(H,85,86)(H,87,88)/t73-,74+,75+/m0/s1. The number of ether oxygens (including phenoxy) is 4. The van der Waals surface area contributed by atoms with E-state index in [0.29, 0.717) is 25.7 Å². The molecule has 0 spiro atoms. The average molecular weight is 1440 g/mol. The first-order valence-electron chi connectivity index (χ1n) is 41.0. The van der Waals surface area contributed by atoms with Crippen molar-refractivity contribution in [3.8, 4) is 0 Å². The van der Waals surface area contributed by atoms with Gasteiger partial charge in [-0.15, -0.1) is 0 Å². The second-order valence-electron chi connectivity index (χ2n) is 29.4. The van der Waals surface area contributed by atoms with Crippen molar-refractivity contribution in [2.75, 3.05) is 39.6 Å². The highest BCUT2D eigenvalue weighted by molar-refractivity contribution is 7.47. The van der Waals surface area contributed by atoms with Gasteiger partial charge in [0.15, 0.2) is 12.2 Å². The van der Waals surface area contributed by atoms with Gasteiger partial charge in [-0.25, -0.2) is 9.13 Å². The molecule has 0 aromatic rings. The summed E-state index contributed by atoms with van der Waals surface area (Å²) in [5.41, 5.74) is 0. The zero-order chi connectivity index (χ0) is 72.1. The van der Waals surface area contributed by atoms with Crippen LogP contribution < -0.4 is 0 Å². The van der Waals surface area contributed by atoms with Crippen LogP contribution in [-0.4, -0.2) is 96.7 Å². The Bertz CT molecular complexity index is 1890. The molecular formula is C79H154O17P2. The fraction of sp³-hybridized carbons (Fsp3) is 0.949. The summed E-state index contributed by atoms with van der Waals surface area (Å²) in [7, 11) is -9.91. The van der Waals surface area contributed by atoms with Crippen LogP contribution in [0.15, 0.2) is 0 Å². The molecule has 3 N–H and O–H groups in total. The van der Waals surface area contributed by atoms with Gasteiger partial charge in [0.05, 0.1) is 26.4 Å². The molecule has 0 amide bonds. The van der Waals surface area contributed by atoms with Crippen molar-refractivity contribution in [1.82, 2.24) is 0 Å². The van der Waals surface area contributed by atoms with Gasteiger partial charge in [0, 0.05) is 25.7 Å². The first-order valence-corrected chi connectivity index (χ1v) is 44.0. The number of phosphoric ester groups is 2. The number of carbonyl (C=O) groups excluding carboxylic acids is 4. The number of hydrogen-bond donors (Lipinski definition) is 3. The number of unbranched alkanes of at least 4 members (excludes halogenated alkanes) is 48. The lowest BCUT2D eigenvalue weighted by molar-refractivity contribution is -0.161. The summed E-state index contributed by atoms with van der Waals surface area (Å²) in [5, 5.41) is 10.6. The van der Waals surface area contributed by atoms with Crippen molar-refractivity contribution in [1.29, 1.82) is 0 Å². The van der Waals surface area contributed by atoms with Gasteiger partial charge in [-0.2, -0.15) is 0 Å². The SMILES string of the molecule is CCCCCCCCCCCCCC(=O)O[C@H](COC(=O)CCCCCCCCCCCC)COP(=O)(O)OC[C@H](O)COP(=O)(O)OC[C@@H](COC(=O)CCCCCCCCCCCCCCCCCC(C)C)OC(=O)CCCCCCCCCCCCCCCCCCC(C)C. The Morgan fingerprint density at radius 2 is 0.469 bits per heavy atom. The predicted octanol–water partition coefficient (Wildman–Crippen LogP) is 23.5. The summed E-state index contributed by atoms with van der Waals surface area (Å²) in [6.45, 7) is 9.67. The van der Waals surface area contributed by atoms with Crippen LogP contribution in [-0.2, 0) is 65.4 Å². The number of hydrogen-bond acceptors (Lipinski definition) is 15. The average Bonchev–Trinajstić information content (AvgIpc) is 1.05. The van der Waals surface area contributed by atoms with Gasteiger partial charge >= 0.3 is 39.5 Å². The van der Waals surface area contributed by atoms with E-state index < -0.39 is 97.5 Å².